The van der Waals surface area contributed by atoms with Gasteiger partial charge in [-0.15, -0.1) is 0 Å². The number of anilines is 2. The van der Waals surface area contributed by atoms with Crippen molar-refractivity contribution in [1.29, 1.82) is 5.26 Å². The Balaban J connectivity index is 1.69. The number of hydrogen-bond acceptors (Lipinski definition) is 4. The molecule has 0 fully saturated rings. The minimum absolute atomic E-state index is 0.297. The number of nitrogens with one attached hydrogen (secondary N) is 2. The average Bonchev–Trinajstić information content (AvgIpc) is 2.68. The normalized spacial score (nSPS) is 10.0. The summed E-state index contributed by atoms with van der Waals surface area (Å²) in [6, 6.07) is 18.0. The minimum atomic E-state index is -0.297. The van der Waals surface area contributed by atoms with Crippen LogP contribution in [-0.4, -0.2) is 10.9 Å². The van der Waals surface area contributed by atoms with Gasteiger partial charge in [0.15, 0.2) is 0 Å². The van der Waals surface area contributed by atoms with Crippen molar-refractivity contribution >= 4 is 28.9 Å². The Morgan fingerprint density at radius 3 is 2.73 bits per heavy atom. The number of nitriles is 1. The van der Waals surface area contributed by atoms with Crippen molar-refractivity contribution in [2.75, 3.05) is 10.6 Å². The molecule has 0 saturated carbocycles. The smallest absolute Gasteiger partial charge is 0.257 e. The first kappa shape index (κ1) is 17.5. The molecule has 0 aliphatic carbocycles. The zero-order valence-corrected chi connectivity index (χ0v) is 14.5. The van der Waals surface area contributed by atoms with Gasteiger partial charge in [-0.25, -0.2) is 0 Å². The van der Waals surface area contributed by atoms with Crippen LogP contribution in [0, 0.1) is 11.3 Å². The van der Waals surface area contributed by atoms with E-state index < -0.39 is 0 Å². The van der Waals surface area contributed by atoms with Crippen LogP contribution in [0.3, 0.4) is 0 Å². The second-order valence-electron chi connectivity index (χ2n) is 5.55. The molecule has 0 atom stereocenters. The number of rotatable bonds is 5. The molecule has 3 aromatic rings. The predicted octanol–water partition coefficient (Wildman–Crippen LogP) is 4.47. The molecule has 0 aliphatic rings. The topological polar surface area (TPSA) is 77.8 Å². The number of hydrogen-bond donors (Lipinski definition) is 2. The van der Waals surface area contributed by atoms with Gasteiger partial charge in [-0.05, 0) is 35.9 Å². The molecule has 2 N–H and O–H groups in total. The molecule has 0 unspecified atom stereocenters. The zero-order valence-electron chi connectivity index (χ0n) is 13.7. The van der Waals surface area contributed by atoms with Crippen LogP contribution < -0.4 is 10.6 Å². The number of halogens is 1. The number of pyridine rings is 1. The van der Waals surface area contributed by atoms with E-state index in [1.807, 2.05) is 30.3 Å². The van der Waals surface area contributed by atoms with E-state index in [4.69, 9.17) is 16.9 Å². The molecule has 1 heterocycles. The lowest BCUT2D eigenvalue weighted by Gasteiger charge is -2.10. The Hall–Kier alpha value is -3.36. The Morgan fingerprint density at radius 1 is 1.08 bits per heavy atom. The third kappa shape index (κ3) is 4.38. The molecule has 0 spiro atoms. The van der Waals surface area contributed by atoms with Gasteiger partial charge in [-0.1, -0.05) is 35.9 Å². The van der Waals surface area contributed by atoms with Gasteiger partial charge in [0.2, 0.25) is 0 Å². The largest absolute Gasteiger partial charge is 0.380 e. The summed E-state index contributed by atoms with van der Waals surface area (Å²) in [4.78, 5) is 16.5. The third-order valence-electron chi connectivity index (χ3n) is 3.69. The Bertz CT molecular complexity index is 981. The summed E-state index contributed by atoms with van der Waals surface area (Å²) in [6.07, 6.45) is 3.13. The summed E-state index contributed by atoms with van der Waals surface area (Å²) >= 11 is 6.14. The highest BCUT2D eigenvalue weighted by Crippen LogP contribution is 2.18. The molecule has 5 nitrogen and oxygen atoms in total. The third-order valence-corrected chi connectivity index (χ3v) is 4.06. The average molecular weight is 363 g/mol. The fourth-order valence-electron chi connectivity index (χ4n) is 2.37. The molecule has 1 aromatic heterocycles. The van der Waals surface area contributed by atoms with Crippen molar-refractivity contribution < 1.29 is 4.79 Å². The molecule has 6 heteroatoms. The van der Waals surface area contributed by atoms with Crippen molar-refractivity contribution in [2.24, 2.45) is 0 Å². The first-order chi connectivity index (χ1) is 12.7. The molecule has 2 aromatic carbocycles. The van der Waals surface area contributed by atoms with E-state index in [9.17, 15) is 4.79 Å². The zero-order chi connectivity index (χ0) is 18.4. The van der Waals surface area contributed by atoms with Crippen LogP contribution in [0.15, 0.2) is 67.0 Å². The maximum Gasteiger partial charge on any atom is 0.257 e. The van der Waals surface area contributed by atoms with E-state index in [-0.39, 0.29) is 5.91 Å². The van der Waals surface area contributed by atoms with E-state index in [2.05, 4.69) is 15.6 Å². The number of nitrogens with zero attached hydrogens (tertiary/aromatic N) is 2. The summed E-state index contributed by atoms with van der Waals surface area (Å²) in [7, 11) is 0. The maximum absolute atomic E-state index is 12.4. The fourth-order valence-corrected chi connectivity index (χ4v) is 2.57. The molecule has 0 radical (unpaired) electrons. The second kappa shape index (κ2) is 8.15. The summed E-state index contributed by atoms with van der Waals surface area (Å²) in [5.74, 6) is -0.297. The van der Waals surface area contributed by atoms with Crippen LogP contribution in [0.1, 0.15) is 21.5 Å². The Labute approximate surface area is 156 Å². The lowest BCUT2D eigenvalue weighted by atomic mass is 10.2. The molecule has 128 valence electrons. The molecular weight excluding hydrogens is 348 g/mol. The lowest BCUT2D eigenvalue weighted by molar-refractivity contribution is 0.102. The van der Waals surface area contributed by atoms with Gasteiger partial charge < -0.3 is 10.6 Å². The van der Waals surface area contributed by atoms with Crippen molar-refractivity contribution in [3.05, 3.63) is 88.7 Å². The number of carbonyl (C=O) groups is 1. The van der Waals surface area contributed by atoms with Gasteiger partial charge in [-0.2, -0.15) is 5.26 Å². The maximum atomic E-state index is 12.4. The van der Waals surface area contributed by atoms with Gasteiger partial charge >= 0.3 is 0 Å². The van der Waals surface area contributed by atoms with E-state index in [1.165, 1.54) is 6.20 Å². The van der Waals surface area contributed by atoms with E-state index >= 15 is 0 Å². The quantitative estimate of drug-likeness (QED) is 0.701. The fraction of sp³-hybridized carbons (Fsp3) is 0.0500. The van der Waals surface area contributed by atoms with Crippen LogP contribution >= 0.6 is 11.6 Å². The standard InChI is InChI=1S/C20H15ClN4O/c21-19-7-2-1-5-15(19)12-24-18-9-16(11-23-13-18)20(26)25-17-6-3-4-14(8-17)10-22/h1-9,11,13,24H,12H2,(H,25,26). The molecule has 0 saturated heterocycles. The highest BCUT2D eigenvalue weighted by molar-refractivity contribution is 6.31. The summed E-state index contributed by atoms with van der Waals surface area (Å²) in [6.45, 7) is 0.524. The van der Waals surface area contributed by atoms with Crippen LogP contribution in [-0.2, 0) is 6.54 Å². The van der Waals surface area contributed by atoms with Crippen LogP contribution in [0.25, 0.3) is 0 Å². The predicted molar refractivity (Wildman–Crippen MR) is 102 cm³/mol. The molecule has 1 amide bonds. The van der Waals surface area contributed by atoms with Gasteiger partial charge in [0.25, 0.3) is 5.91 Å². The monoisotopic (exact) mass is 362 g/mol. The number of carbonyl (C=O) groups excluding carboxylic acids is 1. The summed E-state index contributed by atoms with van der Waals surface area (Å²) in [5.41, 5.74) is 3.12. The molecular formula is C20H15ClN4O. The van der Waals surface area contributed by atoms with E-state index in [0.29, 0.717) is 34.1 Å². The van der Waals surface area contributed by atoms with Crippen molar-refractivity contribution in [3.8, 4) is 6.07 Å². The second-order valence-corrected chi connectivity index (χ2v) is 5.96. The lowest BCUT2D eigenvalue weighted by Crippen LogP contribution is -2.13. The number of aromatic nitrogens is 1. The van der Waals surface area contributed by atoms with Crippen LogP contribution in [0.4, 0.5) is 11.4 Å². The first-order valence-corrected chi connectivity index (χ1v) is 8.27. The molecule has 26 heavy (non-hydrogen) atoms. The van der Waals surface area contributed by atoms with Gasteiger partial charge in [-0.3, -0.25) is 9.78 Å². The van der Waals surface area contributed by atoms with Gasteiger partial charge in [0, 0.05) is 29.6 Å². The van der Waals surface area contributed by atoms with Crippen molar-refractivity contribution in [1.82, 2.24) is 4.98 Å². The summed E-state index contributed by atoms with van der Waals surface area (Å²) in [5, 5.41) is 15.6. The van der Waals surface area contributed by atoms with Crippen molar-refractivity contribution in [2.45, 2.75) is 6.54 Å². The van der Waals surface area contributed by atoms with Gasteiger partial charge in [0.05, 0.1) is 22.9 Å². The van der Waals surface area contributed by atoms with Crippen LogP contribution in [0.5, 0.6) is 0 Å². The van der Waals surface area contributed by atoms with Crippen LogP contribution in [0.2, 0.25) is 5.02 Å². The molecule has 0 bridgehead atoms. The highest BCUT2D eigenvalue weighted by Gasteiger charge is 2.08. The minimum Gasteiger partial charge on any atom is -0.380 e. The number of amides is 1. The van der Waals surface area contributed by atoms with E-state index in [0.717, 1.165) is 5.56 Å². The Morgan fingerprint density at radius 2 is 1.92 bits per heavy atom. The SMILES string of the molecule is N#Cc1cccc(NC(=O)c2cncc(NCc3ccccc3Cl)c2)c1. The van der Waals surface area contributed by atoms with E-state index in [1.54, 1.807) is 36.5 Å². The summed E-state index contributed by atoms with van der Waals surface area (Å²) < 4.78 is 0. The first-order valence-electron chi connectivity index (χ1n) is 7.89. The highest BCUT2D eigenvalue weighted by atomic mass is 35.5. The molecule has 0 aliphatic heterocycles. The number of benzene rings is 2. The van der Waals surface area contributed by atoms with Gasteiger partial charge in [0.1, 0.15) is 0 Å². The molecule has 3 rings (SSSR count). The van der Waals surface area contributed by atoms with Crippen molar-refractivity contribution in [3.63, 3.8) is 0 Å². The Kier molecular flexibility index (Phi) is 5.47.